The molecule has 6 nitrogen and oxygen atoms in total. The molecule has 1 saturated carbocycles. The minimum atomic E-state index is -0.0380. The van der Waals surface area contributed by atoms with Crippen LogP contribution in [0.3, 0.4) is 0 Å². The molecular formula is C23H25N3O3. The number of hydrogen-bond acceptors (Lipinski definition) is 5. The molecular weight excluding hydrogens is 366 g/mol. The number of methoxy groups -OCH3 is 1. The minimum absolute atomic E-state index is 0.0380. The van der Waals surface area contributed by atoms with Crippen LogP contribution in [0.4, 0.5) is 0 Å². The molecule has 150 valence electrons. The van der Waals surface area contributed by atoms with Gasteiger partial charge in [0, 0.05) is 48.3 Å². The Morgan fingerprint density at radius 3 is 2.86 bits per heavy atom. The molecule has 1 aliphatic carbocycles. The molecule has 0 N–H and O–H groups in total. The predicted octanol–water partition coefficient (Wildman–Crippen LogP) is 4.44. The Bertz CT molecular complexity index is 1070. The van der Waals surface area contributed by atoms with Crippen LogP contribution in [0.5, 0.6) is 5.75 Å². The number of amides is 1. The number of benzene rings is 1. The quantitative estimate of drug-likeness (QED) is 0.658. The van der Waals surface area contributed by atoms with Crippen LogP contribution in [-0.4, -0.2) is 41.1 Å². The third-order valence-electron chi connectivity index (χ3n) is 6.22. The van der Waals surface area contributed by atoms with Gasteiger partial charge < -0.3 is 14.2 Å². The molecule has 29 heavy (non-hydrogen) atoms. The van der Waals surface area contributed by atoms with Gasteiger partial charge in [-0.2, -0.15) is 0 Å². The Morgan fingerprint density at radius 2 is 2.07 bits per heavy atom. The number of ether oxygens (including phenoxy) is 1. The summed E-state index contributed by atoms with van der Waals surface area (Å²) in [4.78, 5) is 19.6. The number of carbonyl (C=O) groups excluding carboxylic acids is 1. The summed E-state index contributed by atoms with van der Waals surface area (Å²) in [6.45, 7) is 3.48. The topological polar surface area (TPSA) is 68.5 Å². The molecule has 1 aliphatic heterocycles. The fourth-order valence-corrected chi connectivity index (χ4v) is 4.32. The smallest absolute Gasteiger partial charge is 0.276 e. The summed E-state index contributed by atoms with van der Waals surface area (Å²) < 4.78 is 10.8. The van der Waals surface area contributed by atoms with Gasteiger partial charge in [0.2, 0.25) is 0 Å². The van der Waals surface area contributed by atoms with E-state index in [1.807, 2.05) is 29.3 Å². The van der Waals surface area contributed by atoms with Gasteiger partial charge in [-0.05, 0) is 61.8 Å². The monoisotopic (exact) mass is 391 g/mol. The van der Waals surface area contributed by atoms with Crippen LogP contribution in [0, 0.1) is 6.92 Å². The Hall–Kier alpha value is -2.89. The highest BCUT2D eigenvalue weighted by molar-refractivity contribution is 5.92. The van der Waals surface area contributed by atoms with E-state index in [9.17, 15) is 4.79 Å². The predicted molar refractivity (Wildman–Crippen MR) is 109 cm³/mol. The van der Waals surface area contributed by atoms with Gasteiger partial charge in [0.05, 0.1) is 7.11 Å². The summed E-state index contributed by atoms with van der Waals surface area (Å²) in [5.74, 6) is 2.37. The van der Waals surface area contributed by atoms with E-state index in [1.165, 1.54) is 0 Å². The zero-order chi connectivity index (χ0) is 20.0. The summed E-state index contributed by atoms with van der Waals surface area (Å²) in [5.41, 5.74) is 2.58. The number of hydrogen-bond donors (Lipinski definition) is 0. The lowest BCUT2D eigenvalue weighted by Crippen LogP contribution is -2.39. The minimum Gasteiger partial charge on any atom is -0.496 e. The maximum Gasteiger partial charge on any atom is 0.276 e. The molecule has 2 fully saturated rings. The maximum atomic E-state index is 12.9. The Labute approximate surface area is 169 Å². The first-order valence-electron chi connectivity index (χ1n) is 10.3. The number of pyridine rings is 1. The van der Waals surface area contributed by atoms with Crippen LogP contribution in [-0.2, 0) is 0 Å². The lowest BCUT2D eigenvalue weighted by molar-refractivity contribution is 0.0695. The van der Waals surface area contributed by atoms with Crippen molar-refractivity contribution in [2.24, 2.45) is 0 Å². The van der Waals surface area contributed by atoms with E-state index in [2.05, 4.69) is 18.1 Å². The number of piperidine rings is 1. The molecule has 1 atom stereocenters. The Kier molecular flexibility index (Phi) is 4.49. The van der Waals surface area contributed by atoms with Gasteiger partial charge in [-0.15, -0.1) is 0 Å². The molecule has 5 rings (SSSR count). The summed E-state index contributed by atoms with van der Waals surface area (Å²) in [5, 5.41) is 6.28. The molecule has 1 aromatic carbocycles. The number of aromatic nitrogens is 2. The van der Waals surface area contributed by atoms with E-state index in [0.717, 1.165) is 65.8 Å². The summed E-state index contributed by atoms with van der Waals surface area (Å²) in [6, 6.07) is 8.01. The fraction of sp³-hybridized carbons (Fsp3) is 0.435. The highest BCUT2D eigenvalue weighted by Gasteiger charge is 2.31. The zero-order valence-corrected chi connectivity index (χ0v) is 16.9. The van der Waals surface area contributed by atoms with Crippen molar-refractivity contribution in [2.75, 3.05) is 20.2 Å². The van der Waals surface area contributed by atoms with Crippen molar-refractivity contribution in [2.45, 2.75) is 44.4 Å². The van der Waals surface area contributed by atoms with Gasteiger partial charge in [0.15, 0.2) is 5.69 Å². The number of fused-ring (bicyclic) bond motifs is 1. The van der Waals surface area contributed by atoms with Crippen molar-refractivity contribution in [1.29, 1.82) is 0 Å². The molecule has 3 heterocycles. The number of carbonyl (C=O) groups is 1. The lowest BCUT2D eigenvalue weighted by Gasteiger charge is -2.32. The first-order valence-corrected chi connectivity index (χ1v) is 10.3. The van der Waals surface area contributed by atoms with E-state index >= 15 is 0 Å². The summed E-state index contributed by atoms with van der Waals surface area (Å²) in [7, 11) is 1.69. The number of rotatable bonds is 4. The maximum absolute atomic E-state index is 12.9. The molecule has 1 unspecified atom stereocenters. The second-order valence-corrected chi connectivity index (χ2v) is 8.20. The molecule has 1 amide bonds. The van der Waals surface area contributed by atoms with E-state index in [-0.39, 0.29) is 11.8 Å². The first kappa shape index (κ1) is 18.2. The van der Waals surface area contributed by atoms with Crippen molar-refractivity contribution in [3.8, 4) is 5.75 Å². The molecule has 0 bridgehead atoms. The van der Waals surface area contributed by atoms with E-state index in [1.54, 1.807) is 7.11 Å². The fourth-order valence-electron chi connectivity index (χ4n) is 4.32. The molecule has 2 aliphatic rings. The van der Waals surface area contributed by atoms with Gasteiger partial charge in [-0.1, -0.05) is 5.16 Å². The van der Waals surface area contributed by atoms with Crippen LogP contribution >= 0.6 is 0 Å². The zero-order valence-electron chi connectivity index (χ0n) is 16.9. The second-order valence-electron chi connectivity index (χ2n) is 8.20. The average molecular weight is 391 g/mol. The van der Waals surface area contributed by atoms with E-state index < -0.39 is 0 Å². The van der Waals surface area contributed by atoms with E-state index in [4.69, 9.17) is 14.2 Å². The molecule has 1 saturated heterocycles. The lowest BCUT2D eigenvalue weighted by atomic mass is 9.92. The SMILES string of the molecule is COc1ccc2cnc(C3CCCN(C(=O)c4cc(C5CC5)on4)C3)cc2c1C. The van der Waals surface area contributed by atoms with Gasteiger partial charge >= 0.3 is 0 Å². The van der Waals surface area contributed by atoms with Crippen LogP contribution in [0.2, 0.25) is 0 Å². The standard InChI is InChI=1S/C23H25N3O3/c1-14-18-10-19(24-12-16(18)7-8-21(14)28-2)17-4-3-9-26(13-17)23(27)20-11-22(29-25-20)15-5-6-15/h7-8,10-12,15,17H,3-6,9,13H2,1-2H3. The third kappa shape index (κ3) is 3.37. The molecule has 0 radical (unpaired) electrons. The van der Waals surface area contributed by atoms with Crippen LogP contribution < -0.4 is 4.74 Å². The molecule has 6 heteroatoms. The summed E-state index contributed by atoms with van der Waals surface area (Å²) in [6.07, 6.45) is 6.17. The highest BCUT2D eigenvalue weighted by atomic mass is 16.5. The Balaban J connectivity index is 1.38. The number of aryl methyl sites for hydroxylation is 1. The van der Waals surface area contributed by atoms with Crippen LogP contribution in [0.1, 0.15) is 65.0 Å². The molecule has 2 aromatic heterocycles. The number of nitrogens with zero attached hydrogens (tertiary/aromatic N) is 3. The van der Waals surface area contributed by atoms with Gasteiger partial charge in [-0.3, -0.25) is 9.78 Å². The van der Waals surface area contributed by atoms with Crippen molar-refractivity contribution < 1.29 is 14.1 Å². The van der Waals surface area contributed by atoms with Crippen LogP contribution in [0.15, 0.2) is 35.0 Å². The van der Waals surface area contributed by atoms with Gasteiger partial charge in [0.1, 0.15) is 11.5 Å². The largest absolute Gasteiger partial charge is 0.496 e. The van der Waals surface area contributed by atoms with Crippen molar-refractivity contribution in [3.63, 3.8) is 0 Å². The second kappa shape index (κ2) is 7.17. The van der Waals surface area contributed by atoms with E-state index in [0.29, 0.717) is 18.2 Å². The number of likely N-dealkylation sites (tertiary alicyclic amines) is 1. The first-order chi connectivity index (χ1) is 14.1. The molecule has 0 spiro atoms. The normalized spacial score (nSPS) is 19.5. The van der Waals surface area contributed by atoms with Crippen molar-refractivity contribution >= 4 is 16.7 Å². The highest BCUT2D eigenvalue weighted by Crippen LogP contribution is 2.40. The molecule has 3 aromatic rings. The van der Waals surface area contributed by atoms with Crippen molar-refractivity contribution in [3.05, 3.63) is 53.2 Å². The average Bonchev–Trinajstić information content (AvgIpc) is 3.50. The Morgan fingerprint density at radius 1 is 1.21 bits per heavy atom. The van der Waals surface area contributed by atoms with Crippen LogP contribution in [0.25, 0.3) is 10.8 Å². The van der Waals surface area contributed by atoms with Gasteiger partial charge in [0.25, 0.3) is 5.91 Å². The van der Waals surface area contributed by atoms with Crippen molar-refractivity contribution in [1.82, 2.24) is 15.0 Å². The van der Waals surface area contributed by atoms with Gasteiger partial charge in [-0.25, -0.2) is 0 Å². The third-order valence-corrected chi connectivity index (χ3v) is 6.22. The summed E-state index contributed by atoms with van der Waals surface area (Å²) >= 11 is 0.